The molecule has 2 N–H and O–H groups in total. The number of ether oxygens (including phenoxy) is 1. The molecule has 0 amide bonds. The third-order valence-corrected chi connectivity index (χ3v) is 2.82. The lowest BCUT2D eigenvalue weighted by atomic mass is 9.92. The van der Waals surface area contributed by atoms with Crippen LogP contribution >= 0.6 is 0 Å². The second kappa shape index (κ2) is 3.73. The van der Waals surface area contributed by atoms with Crippen molar-refractivity contribution in [2.45, 2.75) is 43.9 Å². The van der Waals surface area contributed by atoms with Gasteiger partial charge >= 0.3 is 0 Å². The quantitative estimate of drug-likeness (QED) is 0.627. The lowest BCUT2D eigenvalue weighted by Crippen LogP contribution is -2.54. The minimum atomic E-state index is -0.126. The summed E-state index contributed by atoms with van der Waals surface area (Å²) in [5.74, 6) is 0. The number of rotatable bonds is 2. The maximum absolute atomic E-state index is 9.63. The Hall–Kier alpha value is -0.120. The van der Waals surface area contributed by atoms with Crippen LogP contribution in [0.1, 0.15) is 25.7 Å². The van der Waals surface area contributed by atoms with Crippen LogP contribution in [0.4, 0.5) is 0 Å². The molecule has 12 heavy (non-hydrogen) atoms. The van der Waals surface area contributed by atoms with Gasteiger partial charge in [-0.25, -0.2) is 0 Å². The molecule has 1 aliphatic carbocycles. The molecule has 0 unspecified atom stereocenters. The van der Waals surface area contributed by atoms with Gasteiger partial charge in [0.05, 0.1) is 25.4 Å². The summed E-state index contributed by atoms with van der Waals surface area (Å²) >= 11 is 0. The molecule has 0 aromatic carbocycles. The van der Waals surface area contributed by atoms with Crippen molar-refractivity contribution in [3.8, 4) is 0 Å². The van der Waals surface area contributed by atoms with E-state index in [-0.39, 0.29) is 6.10 Å². The molecule has 2 aliphatic rings. The first-order valence-electron chi connectivity index (χ1n) is 4.88. The van der Waals surface area contributed by atoms with E-state index in [2.05, 4.69) is 5.32 Å². The van der Waals surface area contributed by atoms with Crippen molar-refractivity contribution in [2.75, 3.05) is 13.2 Å². The SMILES string of the molecule is O[C@H]1CCCC[C@@H]1NC1COC1. The molecule has 0 aromatic rings. The predicted molar refractivity (Wildman–Crippen MR) is 46.0 cm³/mol. The molecule has 2 rings (SSSR count). The molecule has 1 saturated heterocycles. The summed E-state index contributed by atoms with van der Waals surface area (Å²) in [5, 5.41) is 13.1. The Morgan fingerprint density at radius 2 is 1.92 bits per heavy atom. The van der Waals surface area contributed by atoms with Crippen LogP contribution in [0.15, 0.2) is 0 Å². The summed E-state index contributed by atoms with van der Waals surface area (Å²) in [6, 6.07) is 0.829. The van der Waals surface area contributed by atoms with Gasteiger partial charge in [-0.1, -0.05) is 12.8 Å². The number of hydrogen-bond acceptors (Lipinski definition) is 3. The predicted octanol–water partition coefficient (Wildman–Crippen LogP) is 0.278. The van der Waals surface area contributed by atoms with E-state index in [1.54, 1.807) is 0 Å². The van der Waals surface area contributed by atoms with Crippen LogP contribution in [0.3, 0.4) is 0 Å². The van der Waals surface area contributed by atoms with Gasteiger partial charge < -0.3 is 15.2 Å². The van der Waals surface area contributed by atoms with Gasteiger partial charge in [-0.05, 0) is 12.8 Å². The Morgan fingerprint density at radius 1 is 1.17 bits per heavy atom. The van der Waals surface area contributed by atoms with E-state index in [1.165, 1.54) is 12.8 Å². The third-order valence-electron chi connectivity index (χ3n) is 2.82. The van der Waals surface area contributed by atoms with E-state index in [0.717, 1.165) is 26.1 Å². The van der Waals surface area contributed by atoms with Crippen molar-refractivity contribution >= 4 is 0 Å². The number of nitrogens with one attached hydrogen (secondary N) is 1. The maximum atomic E-state index is 9.63. The van der Waals surface area contributed by atoms with Gasteiger partial charge in [-0.15, -0.1) is 0 Å². The highest BCUT2D eigenvalue weighted by Crippen LogP contribution is 2.19. The summed E-state index contributed by atoms with van der Waals surface area (Å²) in [4.78, 5) is 0. The van der Waals surface area contributed by atoms with E-state index in [0.29, 0.717) is 12.1 Å². The highest BCUT2D eigenvalue weighted by molar-refractivity contribution is 4.85. The van der Waals surface area contributed by atoms with Gasteiger partial charge in [0.15, 0.2) is 0 Å². The molecule has 70 valence electrons. The van der Waals surface area contributed by atoms with E-state index >= 15 is 0 Å². The Morgan fingerprint density at radius 3 is 2.50 bits per heavy atom. The van der Waals surface area contributed by atoms with Crippen molar-refractivity contribution in [1.29, 1.82) is 0 Å². The Bertz CT molecular complexity index is 147. The van der Waals surface area contributed by atoms with Crippen molar-refractivity contribution in [3.63, 3.8) is 0 Å². The van der Waals surface area contributed by atoms with Crippen LogP contribution in [0.5, 0.6) is 0 Å². The monoisotopic (exact) mass is 171 g/mol. The fourth-order valence-corrected chi connectivity index (χ4v) is 1.94. The largest absolute Gasteiger partial charge is 0.392 e. The first-order valence-corrected chi connectivity index (χ1v) is 4.88. The molecule has 0 spiro atoms. The molecule has 3 heteroatoms. The topological polar surface area (TPSA) is 41.5 Å². The molecule has 0 aromatic heterocycles. The smallest absolute Gasteiger partial charge is 0.0693 e. The van der Waals surface area contributed by atoms with Crippen LogP contribution in [0, 0.1) is 0 Å². The summed E-state index contributed by atoms with van der Waals surface area (Å²) in [7, 11) is 0. The van der Waals surface area contributed by atoms with Crippen molar-refractivity contribution in [3.05, 3.63) is 0 Å². The summed E-state index contributed by atoms with van der Waals surface area (Å²) in [6.45, 7) is 1.65. The lowest BCUT2D eigenvalue weighted by molar-refractivity contribution is -0.0244. The Kier molecular flexibility index (Phi) is 2.63. The van der Waals surface area contributed by atoms with Crippen LogP contribution < -0.4 is 5.32 Å². The molecule has 2 fully saturated rings. The molecular weight excluding hydrogens is 154 g/mol. The highest BCUT2D eigenvalue weighted by Gasteiger charge is 2.27. The van der Waals surface area contributed by atoms with Gasteiger partial charge in [0.25, 0.3) is 0 Å². The summed E-state index contributed by atoms with van der Waals surface area (Å²) in [6.07, 6.45) is 4.39. The first-order chi connectivity index (χ1) is 5.86. The summed E-state index contributed by atoms with van der Waals surface area (Å²) < 4.78 is 5.07. The van der Waals surface area contributed by atoms with Crippen molar-refractivity contribution in [1.82, 2.24) is 5.32 Å². The maximum Gasteiger partial charge on any atom is 0.0693 e. The minimum absolute atomic E-state index is 0.126. The number of hydrogen-bond donors (Lipinski definition) is 2. The molecular formula is C9H17NO2. The fraction of sp³-hybridized carbons (Fsp3) is 1.00. The van der Waals surface area contributed by atoms with Crippen LogP contribution in [0.25, 0.3) is 0 Å². The highest BCUT2D eigenvalue weighted by atomic mass is 16.5. The van der Waals surface area contributed by atoms with Crippen LogP contribution in [-0.4, -0.2) is 36.5 Å². The van der Waals surface area contributed by atoms with Crippen LogP contribution in [0.2, 0.25) is 0 Å². The van der Waals surface area contributed by atoms with Gasteiger partial charge in [-0.2, -0.15) is 0 Å². The van der Waals surface area contributed by atoms with E-state index < -0.39 is 0 Å². The zero-order valence-electron chi connectivity index (χ0n) is 7.33. The molecule has 3 nitrogen and oxygen atoms in total. The second-order valence-corrected chi connectivity index (χ2v) is 3.86. The van der Waals surface area contributed by atoms with E-state index in [4.69, 9.17) is 4.74 Å². The van der Waals surface area contributed by atoms with E-state index in [9.17, 15) is 5.11 Å². The second-order valence-electron chi connectivity index (χ2n) is 3.86. The molecule has 1 saturated carbocycles. The number of aliphatic hydroxyl groups excluding tert-OH is 1. The normalized spacial score (nSPS) is 37.8. The van der Waals surface area contributed by atoms with Gasteiger partial charge in [0.2, 0.25) is 0 Å². The first kappa shape index (κ1) is 8.48. The fourth-order valence-electron chi connectivity index (χ4n) is 1.94. The molecule has 2 atom stereocenters. The zero-order valence-corrected chi connectivity index (χ0v) is 7.33. The lowest BCUT2D eigenvalue weighted by Gasteiger charge is -2.35. The van der Waals surface area contributed by atoms with Gasteiger partial charge in [-0.3, -0.25) is 0 Å². The molecule has 1 heterocycles. The average molecular weight is 171 g/mol. The van der Waals surface area contributed by atoms with Crippen molar-refractivity contribution in [2.24, 2.45) is 0 Å². The standard InChI is InChI=1S/C9H17NO2/c11-9-4-2-1-3-8(9)10-7-5-12-6-7/h7-11H,1-6H2/t8-,9-/m0/s1. The van der Waals surface area contributed by atoms with Crippen molar-refractivity contribution < 1.29 is 9.84 Å². The molecule has 0 bridgehead atoms. The molecule has 0 radical (unpaired) electrons. The average Bonchev–Trinajstić information content (AvgIpc) is 2.00. The Balaban J connectivity index is 1.76. The third kappa shape index (κ3) is 1.79. The van der Waals surface area contributed by atoms with Crippen LogP contribution in [-0.2, 0) is 4.74 Å². The van der Waals surface area contributed by atoms with E-state index in [1.807, 2.05) is 0 Å². The summed E-state index contributed by atoms with van der Waals surface area (Å²) in [5.41, 5.74) is 0. The van der Waals surface area contributed by atoms with Gasteiger partial charge in [0.1, 0.15) is 0 Å². The molecule has 1 aliphatic heterocycles. The minimum Gasteiger partial charge on any atom is -0.392 e. The number of aliphatic hydroxyl groups is 1. The Labute approximate surface area is 73.1 Å². The zero-order chi connectivity index (χ0) is 8.39. The van der Waals surface area contributed by atoms with Gasteiger partial charge in [0, 0.05) is 6.04 Å².